The van der Waals surface area contributed by atoms with Gasteiger partial charge in [0.1, 0.15) is 5.69 Å². The maximum Gasteiger partial charge on any atom is 0.277 e. The van der Waals surface area contributed by atoms with Crippen molar-refractivity contribution in [2.75, 3.05) is 38.6 Å². The molecule has 2 aliphatic rings. The zero-order valence-corrected chi connectivity index (χ0v) is 19.1. The number of azo groups is 1. The predicted octanol–water partition coefficient (Wildman–Crippen LogP) is 2.13. The van der Waals surface area contributed by atoms with E-state index in [2.05, 4.69) is 20.0 Å². The van der Waals surface area contributed by atoms with E-state index in [1.807, 2.05) is 21.0 Å². The number of piperidine rings is 1. The summed E-state index contributed by atoms with van der Waals surface area (Å²) in [5.74, 6) is -0.120. The standard InChI is InChI=1S/C22H38N6O3/c1-15-19(25-24-16-8-9-18(29)17(23)14-16)21(30)28(13-7-10-26(2)3)22(31)20(15)27-11-5-4-6-12-27/h16-18,29-30H,4-14,23H2,1-3H3. The van der Waals surface area contributed by atoms with Crippen molar-refractivity contribution < 1.29 is 10.2 Å². The Balaban J connectivity index is 1.96. The van der Waals surface area contributed by atoms with Gasteiger partial charge in [-0.25, -0.2) is 0 Å². The van der Waals surface area contributed by atoms with Crippen LogP contribution in [0.15, 0.2) is 15.0 Å². The number of hydrogen-bond donors (Lipinski definition) is 3. The Morgan fingerprint density at radius 1 is 1.19 bits per heavy atom. The molecule has 4 N–H and O–H groups in total. The van der Waals surface area contributed by atoms with Crippen molar-refractivity contribution in [3.63, 3.8) is 0 Å². The summed E-state index contributed by atoms with van der Waals surface area (Å²) < 4.78 is 1.45. The van der Waals surface area contributed by atoms with E-state index >= 15 is 0 Å². The normalized spacial score (nSPS) is 25.0. The molecular formula is C22H38N6O3. The van der Waals surface area contributed by atoms with Crippen LogP contribution in [0.25, 0.3) is 0 Å². The highest BCUT2D eigenvalue weighted by Gasteiger charge is 2.27. The molecule has 1 aliphatic heterocycles. The van der Waals surface area contributed by atoms with Crippen LogP contribution in [0.5, 0.6) is 5.88 Å². The zero-order chi connectivity index (χ0) is 22.5. The van der Waals surface area contributed by atoms with Crippen LogP contribution >= 0.6 is 0 Å². The molecule has 1 saturated carbocycles. The number of aliphatic hydroxyl groups excluding tert-OH is 1. The van der Waals surface area contributed by atoms with E-state index in [-0.39, 0.29) is 23.5 Å². The smallest absolute Gasteiger partial charge is 0.277 e. The Kier molecular flexibility index (Phi) is 8.07. The third kappa shape index (κ3) is 5.64. The third-order valence-corrected chi connectivity index (χ3v) is 6.44. The molecule has 1 aliphatic carbocycles. The van der Waals surface area contributed by atoms with Crippen molar-refractivity contribution in [1.82, 2.24) is 9.47 Å². The number of aliphatic hydroxyl groups is 1. The number of rotatable bonds is 7. The van der Waals surface area contributed by atoms with Gasteiger partial charge in [0.2, 0.25) is 5.88 Å². The molecular weight excluding hydrogens is 396 g/mol. The molecule has 2 fully saturated rings. The molecule has 3 rings (SSSR count). The van der Waals surface area contributed by atoms with Crippen molar-refractivity contribution in [2.24, 2.45) is 16.0 Å². The van der Waals surface area contributed by atoms with Gasteiger partial charge in [-0.2, -0.15) is 5.11 Å². The van der Waals surface area contributed by atoms with Crippen molar-refractivity contribution >= 4 is 11.4 Å². The van der Waals surface area contributed by atoms with E-state index in [0.717, 1.165) is 38.9 Å². The quantitative estimate of drug-likeness (QED) is 0.566. The zero-order valence-electron chi connectivity index (χ0n) is 19.1. The number of anilines is 1. The first-order valence-electron chi connectivity index (χ1n) is 11.5. The first-order valence-corrected chi connectivity index (χ1v) is 11.5. The summed E-state index contributed by atoms with van der Waals surface area (Å²) in [4.78, 5) is 17.5. The van der Waals surface area contributed by atoms with E-state index in [0.29, 0.717) is 42.7 Å². The molecule has 2 heterocycles. The topological polar surface area (TPSA) is 120 Å². The first-order chi connectivity index (χ1) is 14.8. The van der Waals surface area contributed by atoms with Gasteiger partial charge in [-0.15, -0.1) is 5.11 Å². The SMILES string of the molecule is Cc1c(N=NC2CCC(O)C(N)C2)c(O)n(CCCN(C)C)c(=O)c1N1CCCCC1. The van der Waals surface area contributed by atoms with Crippen LogP contribution in [0, 0.1) is 6.92 Å². The number of aromatic nitrogens is 1. The second-order valence-corrected chi connectivity index (χ2v) is 9.22. The van der Waals surface area contributed by atoms with E-state index in [1.54, 1.807) is 0 Å². The minimum absolute atomic E-state index is 0.0928. The molecule has 3 atom stereocenters. The fourth-order valence-corrected chi connectivity index (χ4v) is 4.56. The highest BCUT2D eigenvalue weighted by Crippen LogP contribution is 2.36. The summed E-state index contributed by atoms with van der Waals surface area (Å²) in [6.07, 6.45) is 5.40. The molecule has 0 radical (unpaired) electrons. The molecule has 9 nitrogen and oxygen atoms in total. The van der Waals surface area contributed by atoms with Gasteiger partial charge in [0.15, 0.2) is 5.69 Å². The lowest BCUT2D eigenvalue weighted by atomic mass is 9.90. The summed E-state index contributed by atoms with van der Waals surface area (Å²) in [5, 5.41) is 29.7. The second-order valence-electron chi connectivity index (χ2n) is 9.22. The molecule has 1 aromatic rings. The fourth-order valence-electron chi connectivity index (χ4n) is 4.56. The highest BCUT2D eigenvalue weighted by molar-refractivity contribution is 5.67. The predicted molar refractivity (Wildman–Crippen MR) is 122 cm³/mol. The molecule has 0 amide bonds. The molecule has 0 spiro atoms. The van der Waals surface area contributed by atoms with Crippen molar-refractivity contribution in [3.8, 4) is 5.88 Å². The van der Waals surface area contributed by atoms with Crippen LogP contribution in [0.1, 0.15) is 50.5 Å². The van der Waals surface area contributed by atoms with E-state index in [9.17, 15) is 15.0 Å². The Morgan fingerprint density at radius 2 is 1.90 bits per heavy atom. The number of pyridine rings is 1. The largest absolute Gasteiger partial charge is 0.493 e. The molecule has 31 heavy (non-hydrogen) atoms. The van der Waals surface area contributed by atoms with Gasteiger partial charge in [0.05, 0.1) is 12.1 Å². The lowest BCUT2D eigenvalue weighted by molar-refractivity contribution is 0.101. The van der Waals surface area contributed by atoms with Crippen LogP contribution in [-0.2, 0) is 6.54 Å². The average molecular weight is 435 g/mol. The van der Waals surface area contributed by atoms with Gasteiger partial charge in [-0.05, 0) is 72.5 Å². The molecule has 0 bridgehead atoms. The van der Waals surface area contributed by atoms with Crippen molar-refractivity contribution in [3.05, 3.63) is 15.9 Å². The van der Waals surface area contributed by atoms with E-state index in [4.69, 9.17) is 5.73 Å². The summed E-state index contributed by atoms with van der Waals surface area (Å²) in [6.45, 7) is 4.76. The molecule has 0 aromatic carbocycles. The molecule has 1 saturated heterocycles. The van der Waals surface area contributed by atoms with Gasteiger partial charge < -0.3 is 25.7 Å². The molecule has 174 valence electrons. The molecule has 9 heteroatoms. The third-order valence-electron chi connectivity index (χ3n) is 6.44. The van der Waals surface area contributed by atoms with Gasteiger partial charge in [0.25, 0.3) is 5.56 Å². The minimum atomic E-state index is -0.495. The van der Waals surface area contributed by atoms with Crippen molar-refractivity contribution in [1.29, 1.82) is 0 Å². The van der Waals surface area contributed by atoms with Gasteiger partial charge in [-0.1, -0.05) is 0 Å². The summed E-state index contributed by atoms with van der Waals surface area (Å²) in [5.41, 5.74) is 7.50. The maximum atomic E-state index is 13.4. The number of aromatic hydroxyl groups is 1. The molecule has 3 unspecified atom stereocenters. The Bertz CT molecular complexity index is 832. The molecule has 1 aromatic heterocycles. The van der Waals surface area contributed by atoms with Crippen LogP contribution < -0.4 is 16.2 Å². The van der Waals surface area contributed by atoms with Crippen LogP contribution in [0.4, 0.5) is 11.4 Å². The first kappa shape index (κ1) is 23.7. The summed E-state index contributed by atoms with van der Waals surface area (Å²) >= 11 is 0. The Labute approximate surface area is 184 Å². The monoisotopic (exact) mass is 434 g/mol. The van der Waals surface area contributed by atoms with Crippen LogP contribution in [0.3, 0.4) is 0 Å². The van der Waals surface area contributed by atoms with Crippen LogP contribution in [-0.4, -0.2) is 71.6 Å². The fraction of sp³-hybridized carbons (Fsp3) is 0.773. The average Bonchev–Trinajstić information content (AvgIpc) is 2.73. The summed E-state index contributed by atoms with van der Waals surface area (Å²) in [6, 6.07) is -0.402. The second kappa shape index (κ2) is 10.6. The lowest BCUT2D eigenvalue weighted by Crippen LogP contribution is -2.41. The maximum absolute atomic E-state index is 13.4. The highest BCUT2D eigenvalue weighted by atomic mass is 16.3. The number of hydrogen-bond acceptors (Lipinski definition) is 8. The number of nitrogens with two attached hydrogens (primary N) is 1. The minimum Gasteiger partial charge on any atom is -0.493 e. The Hall–Kier alpha value is -1.97. The van der Waals surface area contributed by atoms with Gasteiger partial charge >= 0.3 is 0 Å². The number of nitrogens with zero attached hydrogens (tertiary/aromatic N) is 5. The van der Waals surface area contributed by atoms with Gasteiger partial charge in [-0.3, -0.25) is 9.36 Å². The van der Waals surface area contributed by atoms with Crippen LogP contribution in [0.2, 0.25) is 0 Å². The van der Waals surface area contributed by atoms with E-state index < -0.39 is 6.10 Å². The van der Waals surface area contributed by atoms with E-state index in [1.165, 1.54) is 11.0 Å². The lowest BCUT2D eigenvalue weighted by Gasteiger charge is -2.31. The van der Waals surface area contributed by atoms with Crippen molar-refractivity contribution in [2.45, 2.75) is 76.6 Å². The Morgan fingerprint density at radius 3 is 2.55 bits per heavy atom. The van der Waals surface area contributed by atoms with Gasteiger partial charge in [0, 0.05) is 31.2 Å². The summed E-state index contributed by atoms with van der Waals surface area (Å²) in [7, 11) is 3.98.